The molecule has 0 atom stereocenters. The fourth-order valence-corrected chi connectivity index (χ4v) is 3.48. The lowest BCUT2D eigenvalue weighted by molar-refractivity contribution is -0.137. The quantitative estimate of drug-likeness (QED) is 0.415. The molecule has 8 heteroatoms. The fourth-order valence-electron chi connectivity index (χ4n) is 2.17. The van der Waals surface area contributed by atoms with Gasteiger partial charge >= 0.3 is 5.97 Å². The van der Waals surface area contributed by atoms with Crippen molar-refractivity contribution in [2.24, 2.45) is 0 Å². The maximum absolute atomic E-state index is 12.4. The molecule has 1 heterocycles. The SMILES string of the molecule is C#CCOc1ccc(/C=C2/SC(=S)N(CCC(=O)O)C2=O)cc1OCC. The van der Waals surface area contributed by atoms with Crippen LogP contribution in [-0.2, 0) is 9.59 Å². The molecule has 6 nitrogen and oxygen atoms in total. The van der Waals surface area contributed by atoms with E-state index < -0.39 is 5.97 Å². The molecule has 0 aromatic heterocycles. The molecule has 0 unspecified atom stereocenters. The van der Waals surface area contributed by atoms with Crippen LogP contribution in [0.2, 0.25) is 0 Å². The van der Waals surface area contributed by atoms with Crippen molar-refractivity contribution in [3.05, 3.63) is 28.7 Å². The average molecular weight is 391 g/mol. The number of ether oxygens (including phenoxy) is 2. The number of carboxylic acid groups (broad SMARTS) is 1. The molecule has 1 aromatic rings. The summed E-state index contributed by atoms with van der Waals surface area (Å²) in [6.07, 6.45) is 6.74. The minimum atomic E-state index is -0.980. The Kier molecular flexibility index (Phi) is 7.06. The Hall–Kier alpha value is -2.50. The smallest absolute Gasteiger partial charge is 0.305 e. The molecule has 0 radical (unpaired) electrons. The van der Waals surface area contributed by atoms with Crippen LogP contribution >= 0.6 is 24.0 Å². The van der Waals surface area contributed by atoms with E-state index in [0.29, 0.717) is 27.3 Å². The number of amides is 1. The van der Waals surface area contributed by atoms with E-state index in [1.54, 1.807) is 24.3 Å². The molecular formula is C18H17NO5S2. The number of hydrogen-bond acceptors (Lipinski definition) is 6. The predicted molar refractivity (Wildman–Crippen MR) is 104 cm³/mol. The van der Waals surface area contributed by atoms with Crippen LogP contribution in [0.15, 0.2) is 23.1 Å². The molecule has 0 spiro atoms. The molecule has 0 bridgehead atoms. The molecule has 136 valence electrons. The van der Waals surface area contributed by atoms with Gasteiger partial charge in [0.1, 0.15) is 10.9 Å². The molecule has 0 saturated carbocycles. The summed E-state index contributed by atoms with van der Waals surface area (Å²) in [7, 11) is 0. The third-order valence-corrected chi connectivity index (χ3v) is 4.68. The van der Waals surface area contributed by atoms with E-state index in [4.69, 9.17) is 33.2 Å². The van der Waals surface area contributed by atoms with Crippen molar-refractivity contribution in [1.29, 1.82) is 0 Å². The summed E-state index contributed by atoms with van der Waals surface area (Å²) in [5.41, 5.74) is 0.736. The van der Waals surface area contributed by atoms with Crippen LogP contribution in [0.4, 0.5) is 0 Å². The van der Waals surface area contributed by atoms with Crippen LogP contribution in [0, 0.1) is 12.3 Å². The highest BCUT2D eigenvalue weighted by Gasteiger charge is 2.32. The number of carbonyl (C=O) groups excluding carboxylic acids is 1. The third-order valence-electron chi connectivity index (χ3n) is 3.30. The van der Waals surface area contributed by atoms with E-state index in [1.165, 1.54) is 4.90 Å². The highest BCUT2D eigenvalue weighted by Crippen LogP contribution is 2.34. The maximum Gasteiger partial charge on any atom is 0.305 e. The number of terminal acetylenes is 1. The number of thioether (sulfide) groups is 1. The van der Waals surface area contributed by atoms with E-state index in [9.17, 15) is 9.59 Å². The van der Waals surface area contributed by atoms with Gasteiger partial charge in [-0.25, -0.2) is 0 Å². The first kappa shape index (κ1) is 19.8. The van der Waals surface area contributed by atoms with Gasteiger partial charge in [0.25, 0.3) is 5.91 Å². The zero-order valence-corrected chi connectivity index (χ0v) is 15.7. The molecule has 1 N–H and O–H groups in total. The van der Waals surface area contributed by atoms with E-state index in [2.05, 4.69) is 5.92 Å². The Morgan fingerprint density at radius 1 is 1.42 bits per heavy atom. The second-order valence-corrected chi connectivity index (χ2v) is 6.78. The van der Waals surface area contributed by atoms with E-state index in [-0.39, 0.29) is 25.5 Å². The largest absolute Gasteiger partial charge is 0.490 e. The Labute approximate surface area is 161 Å². The van der Waals surface area contributed by atoms with E-state index in [1.807, 2.05) is 6.92 Å². The number of hydrogen-bond donors (Lipinski definition) is 1. The van der Waals surface area contributed by atoms with Gasteiger partial charge in [-0.2, -0.15) is 0 Å². The van der Waals surface area contributed by atoms with E-state index >= 15 is 0 Å². The predicted octanol–water partition coefficient (Wildman–Crippen LogP) is 2.77. The second-order valence-electron chi connectivity index (χ2n) is 5.11. The Bertz CT molecular complexity index is 797. The first-order chi connectivity index (χ1) is 12.5. The van der Waals surface area contributed by atoms with Crippen LogP contribution in [0.1, 0.15) is 18.9 Å². The van der Waals surface area contributed by atoms with Gasteiger partial charge in [-0.15, -0.1) is 6.42 Å². The van der Waals surface area contributed by atoms with Crippen molar-refractivity contribution in [3.8, 4) is 23.8 Å². The minimum absolute atomic E-state index is 0.0560. The molecule has 1 fully saturated rings. The monoisotopic (exact) mass is 391 g/mol. The second kappa shape index (κ2) is 9.27. The molecule has 1 aliphatic heterocycles. The zero-order valence-electron chi connectivity index (χ0n) is 14.1. The lowest BCUT2D eigenvalue weighted by atomic mass is 10.2. The molecular weight excluding hydrogens is 374 g/mol. The number of carboxylic acids is 1. The standard InChI is InChI=1S/C18H17NO5S2/c1-3-9-24-13-6-5-12(10-14(13)23-4-2)11-15-17(22)19(18(25)26-15)8-7-16(20)21/h1,5-6,10-11H,4,7-9H2,2H3,(H,20,21)/b15-11+. The van der Waals surface area contributed by atoms with Gasteiger partial charge in [0.15, 0.2) is 11.5 Å². The zero-order chi connectivity index (χ0) is 19.1. The highest BCUT2D eigenvalue weighted by molar-refractivity contribution is 8.26. The summed E-state index contributed by atoms with van der Waals surface area (Å²) < 4.78 is 11.3. The van der Waals surface area contributed by atoms with Crippen molar-refractivity contribution in [2.45, 2.75) is 13.3 Å². The van der Waals surface area contributed by atoms with Crippen molar-refractivity contribution in [1.82, 2.24) is 4.90 Å². The van der Waals surface area contributed by atoms with Gasteiger partial charge in [-0.1, -0.05) is 36.0 Å². The van der Waals surface area contributed by atoms with Crippen molar-refractivity contribution < 1.29 is 24.2 Å². The Morgan fingerprint density at radius 2 is 2.19 bits per heavy atom. The number of benzene rings is 1. The first-order valence-corrected chi connectivity index (χ1v) is 8.99. The van der Waals surface area contributed by atoms with Gasteiger partial charge in [0.2, 0.25) is 0 Å². The van der Waals surface area contributed by atoms with E-state index in [0.717, 1.165) is 17.3 Å². The van der Waals surface area contributed by atoms with Gasteiger partial charge < -0.3 is 14.6 Å². The maximum atomic E-state index is 12.4. The van der Waals surface area contributed by atoms with Crippen molar-refractivity contribution in [3.63, 3.8) is 0 Å². The number of rotatable bonds is 8. The van der Waals surface area contributed by atoms with Gasteiger partial charge in [-0.05, 0) is 30.7 Å². The molecule has 0 aliphatic carbocycles. The number of aliphatic carboxylic acids is 1. The number of thiocarbonyl (C=S) groups is 1. The van der Waals surface area contributed by atoms with Gasteiger partial charge in [0, 0.05) is 6.54 Å². The van der Waals surface area contributed by atoms with Crippen LogP contribution in [-0.4, -0.2) is 46.0 Å². The molecule has 26 heavy (non-hydrogen) atoms. The summed E-state index contributed by atoms with van der Waals surface area (Å²) in [6, 6.07) is 5.25. The molecule has 2 rings (SSSR count). The van der Waals surface area contributed by atoms with Gasteiger partial charge in [-0.3, -0.25) is 14.5 Å². The van der Waals surface area contributed by atoms with Crippen molar-refractivity contribution in [2.75, 3.05) is 19.8 Å². The molecule has 1 aliphatic rings. The third kappa shape index (κ3) is 5.00. The molecule has 1 amide bonds. The lowest BCUT2D eigenvalue weighted by Gasteiger charge is -2.12. The van der Waals surface area contributed by atoms with Crippen molar-refractivity contribution >= 4 is 46.3 Å². The van der Waals surface area contributed by atoms with Crippen LogP contribution < -0.4 is 9.47 Å². The lowest BCUT2D eigenvalue weighted by Crippen LogP contribution is -2.30. The Morgan fingerprint density at radius 3 is 2.85 bits per heavy atom. The summed E-state index contributed by atoms with van der Waals surface area (Å²) >= 11 is 6.31. The first-order valence-electron chi connectivity index (χ1n) is 7.76. The normalized spacial score (nSPS) is 15.2. The summed E-state index contributed by atoms with van der Waals surface area (Å²) in [5.74, 6) is 2.17. The summed E-state index contributed by atoms with van der Waals surface area (Å²) in [6.45, 7) is 2.49. The van der Waals surface area contributed by atoms with Crippen LogP contribution in [0.3, 0.4) is 0 Å². The number of nitrogens with zero attached hydrogens (tertiary/aromatic N) is 1. The number of carbonyl (C=O) groups is 2. The van der Waals surface area contributed by atoms with Crippen LogP contribution in [0.25, 0.3) is 6.08 Å². The molecule has 1 saturated heterocycles. The average Bonchev–Trinajstić information content (AvgIpc) is 2.86. The Balaban J connectivity index is 2.22. The topological polar surface area (TPSA) is 76.1 Å². The van der Waals surface area contributed by atoms with Gasteiger partial charge in [0.05, 0.1) is 17.9 Å². The minimum Gasteiger partial charge on any atom is -0.490 e. The summed E-state index contributed by atoms with van der Waals surface area (Å²) in [5, 5.41) is 8.78. The van der Waals surface area contributed by atoms with Crippen LogP contribution in [0.5, 0.6) is 11.5 Å². The molecule has 1 aromatic carbocycles. The summed E-state index contributed by atoms with van der Waals surface area (Å²) in [4.78, 5) is 24.9. The fraction of sp³-hybridized carbons (Fsp3) is 0.278. The highest BCUT2D eigenvalue weighted by atomic mass is 32.2.